The van der Waals surface area contributed by atoms with E-state index in [1.807, 2.05) is 36.9 Å². The number of piperidine rings is 1. The second kappa shape index (κ2) is 8.78. The van der Waals surface area contributed by atoms with Gasteiger partial charge in [-0.05, 0) is 32.3 Å². The molecule has 6 nitrogen and oxygen atoms in total. The van der Waals surface area contributed by atoms with E-state index in [2.05, 4.69) is 17.2 Å². The van der Waals surface area contributed by atoms with Gasteiger partial charge in [-0.2, -0.15) is 5.10 Å². The largest absolute Gasteiger partial charge is 0.345 e. The SMILES string of the molecule is CC(C)n1c(C2CCCN(C(=O)CSCc3ccccc3)C2)nn(C)c1=O. The van der Waals surface area contributed by atoms with E-state index in [1.54, 1.807) is 23.4 Å². The third kappa shape index (κ3) is 4.64. The molecule has 1 aromatic heterocycles. The summed E-state index contributed by atoms with van der Waals surface area (Å²) in [7, 11) is 1.69. The molecule has 2 heterocycles. The average Bonchev–Trinajstić information content (AvgIpc) is 2.97. The zero-order valence-corrected chi connectivity index (χ0v) is 17.1. The molecular formula is C20H28N4O2S. The molecule has 0 bridgehead atoms. The number of aryl methyl sites for hydroxylation is 1. The van der Waals surface area contributed by atoms with Crippen molar-refractivity contribution in [3.63, 3.8) is 0 Å². The smallest absolute Gasteiger partial charge is 0.341 e. The molecule has 2 aromatic rings. The van der Waals surface area contributed by atoms with Gasteiger partial charge < -0.3 is 4.90 Å². The summed E-state index contributed by atoms with van der Waals surface area (Å²) < 4.78 is 3.18. The number of carbonyl (C=O) groups excluding carboxylic acids is 1. The molecular weight excluding hydrogens is 360 g/mol. The molecule has 1 aliphatic heterocycles. The van der Waals surface area contributed by atoms with Crippen LogP contribution in [0.25, 0.3) is 0 Å². The lowest BCUT2D eigenvalue weighted by atomic mass is 9.97. The lowest BCUT2D eigenvalue weighted by molar-refractivity contribution is -0.129. The van der Waals surface area contributed by atoms with E-state index < -0.39 is 0 Å². The van der Waals surface area contributed by atoms with E-state index in [1.165, 1.54) is 10.2 Å². The molecule has 0 aliphatic carbocycles. The highest BCUT2D eigenvalue weighted by atomic mass is 32.2. The van der Waals surface area contributed by atoms with Crippen LogP contribution in [-0.2, 0) is 17.6 Å². The molecule has 1 saturated heterocycles. The van der Waals surface area contributed by atoms with Crippen LogP contribution in [0.4, 0.5) is 0 Å². The maximum Gasteiger partial charge on any atom is 0.345 e. The Hall–Kier alpha value is -2.02. The van der Waals surface area contributed by atoms with Crippen LogP contribution in [0, 0.1) is 0 Å². The van der Waals surface area contributed by atoms with Gasteiger partial charge in [-0.1, -0.05) is 30.3 Å². The molecule has 27 heavy (non-hydrogen) atoms. The second-order valence-corrected chi connectivity index (χ2v) is 8.37. The molecule has 1 amide bonds. The van der Waals surface area contributed by atoms with Gasteiger partial charge in [-0.15, -0.1) is 11.8 Å². The molecule has 0 spiro atoms. The van der Waals surface area contributed by atoms with E-state index in [-0.39, 0.29) is 23.6 Å². The summed E-state index contributed by atoms with van der Waals surface area (Å²) in [6.07, 6.45) is 1.91. The summed E-state index contributed by atoms with van der Waals surface area (Å²) >= 11 is 1.65. The predicted octanol–water partition coefficient (Wildman–Crippen LogP) is 2.80. The Morgan fingerprint density at radius 3 is 2.74 bits per heavy atom. The Balaban J connectivity index is 1.61. The molecule has 1 aliphatic rings. The van der Waals surface area contributed by atoms with Crippen LogP contribution >= 0.6 is 11.8 Å². The second-order valence-electron chi connectivity index (χ2n) is 7.39. The van der Waals surface area contributed by atoms with Gasteiger partial charge in [0.25, 0.3) is 0 Å². The summed E-state index contributed by atoms with van der Waals surface area (Å²) in [6.45, 7) is 5.44. The zero-order valence-electron chi connectivity index (χ0n) is 16.3. The average molecular weight is 389 g/mol. The van der Waals surface area contributed by atoms with Gasteiger partial charge in [-0.25, -0.2) is 9.48 Å². The predicted molar refractivity (Wildman–Crippen MR) is 109 cm³/mol. The fourth-order valence-corrected chi connectivity index (χ4v) is 4.49. The van der Waals surface area contributed by atoms with Crippen LogP contribution in [-0.4, -0.2) is 44.0 Å². The molecule has 1 fully saturated rings. The summed E-state index contributed by atoms with van der Waals surface area (Å²) in [5.74, 6) is 2.44. The standard InChI is InChI=1S/C20H28N4O2S/c1-15(2)24-19(21-22(3)20(24)26)17-10-7-11-23(12-17)18(25)14-27-13-16-8-5-4-6-9-16/h4-6,8-9,15,17H,7,10-14H2,1-3H3. The highest BCUT2D eigenvalue weighted by molar-refractivity contribution is 7.99. The number of carbonyl (C=O) groups is 1. The van der Waals surface area contributed by atoms with Crippen molar-refractivity contribution in [2.75, 3.05) is 18.8 Å². The molecule has 1 aromatic carbocycles. The first-order valence-electron chi connectivity index (χ1n) is 9.52. The lowest BCUT2D eigenvalue weighted by Gasteiger charge is -2.32. The van der Waals surface area contributed by atoms with Crippen molar-refractivity contribution in [3.8, 4) is 0 Å². The molecule has 7 heteroatoms. The van der Waals surface area contributed by atoms with Crippen LogP contribution in [0.2, 0.25) is 0 Å². The topological polar surface area (TPSA) is 60.1 Å². The Morgan fingerprint density at radius 2 is 2.04 bits per heavy atom. The first kappa shape index (κ1) is 19.7. The highest BCUT2D eigenvalue weighted by Crippen LogP contribution is 2.27. The van der Waals surface area contributed by atoms with E-state index in [0.29, 0.717) is 12.3 Å². The van der Waals surface area contributed by atoms with E-state index >= 15 is 0 Å². The fraction of sp³-hybridized carbons (Fsp3) is 0.550. The van der Waals surface area contributed by atoms with Crippen molar-refractivity contribution in [1.82, 2.24) is 19.2 Å². The van der Waals surface area contributed by atoms with E-state index in [0.717, 1.165) is 31.0 Å². The maximum atomic E-state index is 12.7. The lowest BCUT2D eigenvalue weighted by Crippen LogP contribution is -2.41. The van der Waals surface area contributed by atoms with Crippen molar-refractivity contribution in [2.24, 2.45) is 7.05 Å². The number of hydrogen-bond donors (Lipinski definition) is 0. The van der Waals surface area contributed by atoms with Gasteiger partial charge >= 0.3 is 5.69 Å². The number of nitrogens with zero attached hydrogens (tertiary/aromatic N) is 4. The maximum absolute atomic E-state index is 12.7. The van der Waals surface area contributed by atoms with Gasteiger partial charge in [0.1, 0.15) is 5.82 Å². The number of hydrogen-bond acceptors (Lipinski definition) is 4. The van der Waals surface area contributed by atoms with Crippen LogP contribution in [0.5, 0.6) is 0 Å². The van der Waals surface area contributed by atoms with Gasteiger partial charge in [0.05, 0.1) is 5.75 Å². The molecule has 1 unspecified atom stereocenters. The summed E-state index contributed by atoms with van der Waals surface area (Å²) in [6, 6.07) is 10.3. The van der Waals surface area contributed by atoms with Crippen molar-refractivity contribution in [3.05, 3.63) is 52.2 Å². The normalized spacial score (nSPS) is 17.5. The van der Waals surface area contributed by atoms with Crippen molar-refractivity contribution in [2.45, 2.75) is 44.4 Å². The number of benzene rings is 1. The summed E-state index contributed by atoms with van der Waals surface area (Å²) in [5.41, 5.74) is 1.16. The van der Waals surface area contributed by atoms with Gasteiger partial charge in [-0.3, -0.25) is 9.36 Å². The minimum atomic E-state index is -0.0816. The molecule has 0 radical (unpaired) electrons. The molecule has 1 atom stereocenters. The van der Waals surface area contributed by atoms with E-state index in [9.17, 15) is 9.59 Å². The molecule has 3 rings (SSSR count). The highest BCUT2D eigenvalue weighted by Gasteiger charge is 2.29. The Labute approximate surface area is 164 Å². The fourth-order valence-electron chi connectivity index (χ4n) is 3.60. The Kier molecular flexibility index (Phi) is 6.42. The summed E-state index contributed by atoms with van der Waals surface area (Å²) in [5, 5.41) is 4.47. The monoisotopic (exact) mass is 388 g/mol. The Bertz CT molecular complexity index is 828. The van der Waals surface area contributed by atoms with Crippen LogP contribution < -0.4 is 5.69 Å². The van der Waals surface area contributed by atoms with Crippen molar-refractivity contribution < 1.29 is 4.79 Å². The molecule has 0 N–H and O–H groups in total. The van der Waals surface area contributed by atoms with Gasteiger partial charge in [0, 0.05) is 37.8 Å². The van der Waals surface area contributed by atoms with Crippen LogP contribution in [0.1, 0.15) is 50.0 Å². The minimum Gasteiger partial charge on any atom is -0.341 e. The minimum absolute atomic E-state index is 0.0636. The number of rotatable bonds is 6. The third-order valence-corrected chi connectivity index (χ3v) is 5.96. The van der Waals surface area contributed by atoms with Crippen LogP contribution in [0.3, 0.4) is 0 Å². The molecule has 0 saturated carbocycles. The van der Waals surface area contributed by atoms with Crippen molar-refractivity contribution >= 4 is 17.7 Å². The number of aromatic nitrogens is 3. The third-order valence-electron chi connectivity index (χ3n) is 4.97. The number of thioether (sulfide) groups is 1. The van der Waals surface area contributed by atoms with Crippen molar-refractivity contribution in [1.29, 1.82) is 0 Å². The number of likely N-dealkylation sites (tertiary alicyclic amines) is 1. The van der Waals surface area contributed by atoms with Gasteiger partial charge in [0.15, 0.2) is 0 Å². The first-order valence-corrected chi connectivity index (χ1v) is 10.7. The van der Waals surface area contributed by atoms with E-state index in [4.69, 9.17) is 0 Å². The summed E-state index contributed by atoms with van der Waals surface area (Å²) in [4.78, 5) is 27.0. The molecule has 146 valence electrons. The zero-order chi connectivity index (χ0) is 19.4. The quantitative estimate of drug-likeness (QED) is 0.763. The van der Waals surface area contributed by atoms with Crippen LogP contribution in [0.15, 0.2) is 35.1 Å². The van der Waals surface area contributed by atoms with Gasteiger partial charge in [0.2, 0.25) is 5.91 Å². The first-order chi connectivity index (χ1) is 13.0. The number of amides is 1. The Morgan fingerprint density at radius 1 is 1.30 bits per heavy atom.